The van der Waals surface area contributed by atoms with E-state index in [2.05, 4.69) is 17.4 Å². The van der Waals surface area contributed by atoms with Gasteiger partial charge in [-0.05, 0) is 36.4 Å². The minimum absolute atomic E-state index is 0.106. The molecule has 5 nitrogen and oxygen atoms in total. The van der Waals surface area contributed by atoms with Gasteiger partial charge in [0.2, 0.25) is 0 Å². The summed E-state index contributed by atoms with van der Waals surface area (Å²) in [7, 11) is 2.09. The Hall–Kier alpha value is -2.63. The molecular weight excluding hydrogens is 326 g/mol. The number of benzene rings is 2. The summed E-state index contributed by atoms with van der Waals surface area (Å²) in [4.78, 5) is 14.3. The van der Waals surface area contributed by atoms with Gasteiger partial charge in [-0.15, -0.1) is 0 Å². The topological polar surface area (TPSA) is 44.8 Å². The van der Waals surface area contributed by atoms with Gasteiger partial charge in [-0.3, -0.25) is 10.2 Å². The predicted molar refractivity (Wildman–Crippen MR) is 103 cm³/mol. The highest BCUT2D eigenvalue weighted by Crippen LogP contribution is 2.16. The number of nitrogens with zero attached hydrogens (tertiary/aromatic N) is 2. The van der Waals surface area contributed by atoms with Crippen LogP contribution in [-0.2, 0) is 11.4 Å². The molecule has 0 unspecified atom stereocenters. The lowest BCUT2D eigenvalue weighted by Crippen LogP contribution is -2.52. The maximum Gasteiger partial charge on any atom is 0.258 e. The zero-order valence-electron chi connectivity index (χ0n) is 15.1. The Morgan fingerprint density at radius 2 is 1.85 bits per heavy atom. The monoisotopic (exact) mass is 351 g/mol. The SMILES string of the molecule is CN1CCN(NC(=O)/C=C/c2cccc(OCc3ccccc3)c2)CC1. The molecule has 1 aliphatic rings. The molecule has 26 heavy (non-hydrogen) atoms. The normalized spacial score (nSPS) is 15.9. The van der Waals surface area contributed by atoms with Gasteiger partial charge in [0.25, 0.3) is 5.91 Å². The van der Waals surface area contributed by atoms with Crippen LogP contribution in [0.4, 0.5) is 0 Å². The lowest BCUT2D eigenvalue weighted by molar-refractivity contribution is -0.121. The molecule has 1 heterocycles. The van der Waals surface area contributed by atoms with E-state index in [4.69, 9.17) is 4.74 Å². The Bertz CT molecular complexity index is 738. The van der Waals surface area contributed by atoms with Crippen molar-refractivity contribution in [2.75, 3.05) is 33.2 Å². The standard InChI is InChI=1S/C21H25N3O2/c1-23-12-14-24(15-13-23)22-21(25)11-10-18-8-5-9-20(16-18)26-17-19-6-3-2-4-7-19/h2-11,16H,12-15,17H2,1H3,(H,22,25)/b11-10+. The molecule has 1 aliphatic heterocycles. The molecule has 0 spiro atoms. The van der Waals surface area contributed by atoms with Crippen molar-refractivity contribution in [1.82, 2.24) is 15.3 Å². The summed E-state index contributed by atoms with van der Waals surface area (Å²) >= 11 is 0. The summed E-state index contributed by atoms with van der Waals surface area (Å²) < 4.78 is 5.82. The maximum absolute atomic E-state index is 12.1. The van der Waals surface area contributed by atoms with Crippen molar-refractivity contribution in [3.8, 4) is 5.75 Å². The Morgan fingerprint density at radius 3 is 2.62 bits per heavy atom. The Morgan fingerprint density at radius 1 is 1.08 bits per heavy atom. The number of hydrogen-bond donors (Lipinski definition) is 1. The van der Waals surface area contributed by atoms with Gasteiger partial charge in [0, 0.05) is 32.3 Å². The summed E-state index contributed by atoms with van der Waals surface area (Å²) in [5.74, 6) is 0.681. The Kier molecular flexibility index (Phi) is 6.41. The van der Waals surface area contributed by atoms with Gasteiger partial charge in [0.1, 0.15) is 12.4 Å². The Balaban J connectivity index is 1.51. The molecule has 2 aromatic carbocycles. The van der Waals surface area contributed by atoms with Gasteiger partial charge in [0.15, 0.2) is 0 Å². The smallest absolute Gasteiger partial charge is 0.258 e. The van der Waals surface area contributed by atoms with Crippen molar-refractivity contribution >= 4 is 12.0 Å². The number of rotatable bonds is 6. The van der Waals surface area contributed by atoms with Crippen molar-refractivity contribution in [3.63, 3.8) is 0 Å². The van der Waals surface area contributed by atoms with Crippen LogP contribution in [0, 0.1) is 0 Å². The zero-order valence-corrected chi connectivity index (χ0v) is 15.1. The fourth-order valence-corrected chi connectivity index (χ4v) is 2.73. The van der Waals surface area contributed by atoms with Gasteiger partial charge in [-0.1, -0.05) is 42.5 Å². The average molecular weight is 351 g/mol. The van der Waals surface area contributed by atoms with Crippen LogP contribution in [0.25, 0.3) is 6.08 Å². The van der Waals surface area contributed by atoms with Gasteiger partial charge in [-0.25, -0.2) is 5.01 Å². The van der Waals surface area contributed by atoms with Crippen LogP contribution < -0.4 is 10.2 Å². The molecule has 1 N–H and O–H groups in total. The van der Waals surface area contributed by atoms with Crippen LogP contribution in [0.15, 0.2) is 60.7 Å². The van der Waals surface area contributed by atoms with E-state index in [9.17, 15) is 4.79 Å². The first-order valence-electron chi connectivity index (χ1n) is 8.88. The van der Waals surface area contributed by atoms with E-state index in [0.29, 0.717) is 6.61 Å². The number of carbonyl (C=O) groups excluding carboxylic acids is 1. The van der Waals surface area contributed by atoms with E-state index in [1.165, 1.54) is 0 Å². The molecule has 0 aliphatic carbocycles. The van der Waals surface area contributed by atoms with E-state index < -0.39 is 0 Å². The first-order chi connectivity index (χ1) is 12.7. The fourth-order valence-electron chi connectivity index (χ4n) is 2.73. The molecule has 1 fully saturated rings. The van der Waals surface area contributed by atoms with Crippen molar-refractivity contribution in [2.24, 2.45) is 0 Å². The second-order valence-corrected chi connectivity index (χ2v) is 6.45. The number of piperazine rings is 1. The minimum atomic E-state index is -0.106. The van der Waals surface area contributed by atoms with Crippen LogP contribution in [0.5, 0.6) is 5.75 Å². The second kappa shape index (κ2) is 9.17. The highest BCUT2D eigenvalue weighted by Gasteiger charge is 2.14. The highest BCUT2D eigenvalue weighted by atomic mass is 16.5. The van der Waals surface area contributed by atoms with Gasteiger partial charge in [0.05, 0.1) is 0 Å². The molecule has 0 aromatic heterocycles. The van der Waals surface area contributed by atoms with E-state index in [0.717, 1.165) is 43.1 Å². The van der Waals surface area contributed by atoms with Gasteiger partial charge < -0.3 is 9.64 Å². The highest BCUT2D eigenvalue weighted by molar-refractivity contribution is 5.91. The molecule has 5 heteroatoms. The van der Waals surface area contributed by atoms with E-state index in [-0.39, 0.29) is 5.91 Å². The quantitative estimate of drug-likeness (QED) is 0.813. The number of likely N-dealkylation sites (N-methyl/N-ethyl adjacent to an activating group) is 1. The predicted octanol–water partition coefficient (Wildman–Crippen LogP) is 2.56. The van der Waals surface area contributed by atoms with Crippen molar-refractivity contribution in [1.29, 1.82) is 0 Å². The summed E-state index contributed by atoms with van der Waals surface area (Å²) in [5.41, 5.74) is 4.98. The number of carbonyl (C=O) groups is 1. The molecule has 0 radical (unpaired) electrons. The molecule has 2 aromatic rings. The molecule has 0 atom stereocenters. The number of ether oxygens (including phenoxy) is 1. The average Bonchev–Trinajstić information content (AvgIpc) is 2.68. The van der Waals surface area contributed by atoms with Crippen molar-refractivity contribution < 1.29 is 9.53 Å². The van der Waals surface area contributed by atoms with Crippen LogP contribution >= 0.6 is 0 Å². The van der Waals surface area contributed by atoms with E-state index in [1.807, 2.05) is 59.6 Å². The van der Waals surface area contributed by atoms with Crippen LogP contribution in [0.2, 0.25) is 0 Å². The largest absolute Gasteiger partial charge is 0.489 e. The zero-order chi connectivity index (χ0) is 18.2. The third kappa shape index (κ3) is 5.72. The summed E-state index contributed by atoms with van der Waals surface area (Å²) in [6.07, 6.45) is 3.37. The molecule has 3 rings (SSSR count). The van der Waals surface area contributed by atoms with Gasteiger partial charge in [-0.2, -0.15) is 0 Å². The lowest BCUT2D eigenvalue weighted by atomic mass is 10.2. The molecular formula is C21H25N3O2. The first kappa shape index (κ1) is 18.2. The van der Waals surface area contributed by atoms with E-state index >= 15 is 0 Å². The van der Waals surface area contributed by atoms with Gasteiger partial charge >= 0.3 is 0 Å². The first-order valence-corrected chi connectivity index (χ1v) is 8.88. The number of nitrogens with one attached hydrogen (secondary N) is 1. The van der Waals surface area contributed by atoms with E-state index in [1.54, 1.807) is 12.2 Å². The molecule has 0 saturated carbocycles. The number of hydrazine groups is 1. The minimum Gasteiger partial charge on any atom is -0.489 e. The molecule has 136 valence electrons. The van der Waals surface area contributed by atoms with Crippen LogP contribution in [0.1, 0.15) is 11.1 Å². The van der Waals surface area contributed by atoms with Crippen LogP contribution in [-0.4, -0.2) is 49.0 Å². The van der Waals surface area contributed by atoms with Crippen molar-refractivity contribution in [3.05, 3.63) is 71.8 Å². The molecule has 1 saturated heterocycles. The molecule has 1 amide bonds. The summed E-state index contributed by atoms with van der Waals surface area (Å²) in [6.45, 7) is 4.14. The third-order valence-electron chi connectivity index (χ3n) is 4.31. The fraction of sp³-hybridized carbons (Fsp3) is 0.286. The maximum atomic E-state index is 12.1. The molecule has 0 bridgehead atoms. The number of hydrogen-bond acceptors (Lipinski definition) is 4. The third-order valence-corrected chi connectivity index (χ3v) is 4.31. The Labute approximate surface area is 154 Å². The summed E-state index contributed by atoms with van der Waals surface area (Å²) in [5, 5.41) is 1.96. The lowest BCUT2D eigenvalue weighted by Gasteiger charge is -2.31. The summed E-state index contributed by atoms with van der Waals surface area (Å²) in [6, 6.07) is 17.8. The number of amides is 1. The van der Waals surface area contributed by atoms with Crippen LogP contribution in [0.3, 0.4) is 0 Å². The van der Waals surface area contributed by atoms with Crippen molar-refractivity contribution in [2.45, 2.75) is 6.61 Å². The second-order valence-electron chi connectivity index (χ2n) is 6.45.